The van der Waals surface area contributed by atoms with Crippen molar-refractivity contribution in [1.82, 2.24) is 0 Å². The topological polar surface area (TPSA) is 0 Å². The minimum absolute atomic E-state index is 1.03. The quantitative estimate of drug-likeness (QED) is 0.612. The second-order valence-electron chi connectivity index (χ2n) is 3.65. The first-order chi connectivity index (χ1) is 6.84. The molecule has 0 aliphatic heterocycles. The summed E-state index contributed by atoms with van der Waals surface area (Å²) in [4.78, 5) is 0. The largest absolute Gasteiger partial charge is 0.192 e. The van der Waals surface area contributed by atoms with Crippen molar-refractivity contribution < 1.29 is 0 Å². The van der Waals surface area contributed by atoms with E-state index in [9.17, 15) is 0 Å². The van der Waals surface area contributed by atoms with E-state index < -0.39 is 0 Å². The Hall–Kier alpha value is -1.50. The molecule has 2 aromatic rings. The van der Waals surface area contributed by atoms with Crippen LogP contribution in [0, 0.1) is 6.92 Å². The van der Waals surface area contributed by atoms with E-state index in [-0.39, 0.29) is 0 Å². The van der Waals surface area contributed by atoms with Gasteiger partial charge in [0, 0.05) is 0 Å². The van der Waals surface area contributed by atoms with E-state index in [2.05, 4.69) is 61.5 Å². The van der Waals surface area contributed by atoms with Gasteiger partial charge in [-0.2, -0.15) is 0 Å². The van der Waals surface area contributed by atoms with Gasteiger partial charge >= 0.3 is 0 Å². The fourth-order valence-corrected chi connectivity index (χ4v) is 1.54. The Kier molecular flexibility index (Phi) is 2.69. The van der Waals surface area contributed by atoms with Crippen molar-refractivity contribution in [2.24, 2.45) is 0 Å². The molecule has 0 saturated carbocycles. The third kappa shape index (κ3) is 2.26. The zero-order valence-electron chi connectivity index (χ0n) is 8.40. The number of benzene rings is 2. The first kappa shape index (κ1) is 9.08. The molecule has 0 spiro atoms. The molecule has 0 unspecified atom stereocenters. The molecule has 14 heavy (non-hydrogen) atoms. The smallest absolute Gasteiger partial charge is 0.0786 e. The Morgan fingerprint density at radius 3 is 1.93 bits per heavy atom. The first-order valence-corrected chi connectivity index (χ1v) is 4.94. The van der Waals surface area contributed by atoms with E-state index in [1.165, 1.54) is 16.5 Å². The fourth-order valence-electron chi connectivity index (χ4n) is 1.54. The first-order valence-electron chi connectivity index (χ1n) is 4.94. The Morgan fingerprint density at radius 2 is 1.29 bits per heavy atom. The molecule has 0 saturated heterocycles. The fraction of sp³-hybridized carbons (Fsp3) is 0.0769. The monoisotopic (exact) mass is 180 g/mol. The third-order valence-corrected chi connectivity index (χ3v) is 2.37. The van der Waals surface area contributed by atoms with Gasteiger partial charge in [0.25, 0.3) is 0 Å². The summed E-state index contributed by atoms with van der Waals surface area (Å²) in [5, 5.41) is 0. The van der Waals surface area contributed by atoms with Crippen molar-refractivity contribution in [3.05, 3.63) is 60.2 Å². The zero-order chi connectivity index (χ0) is 9.80. The zero-order valence-corrected chi connectivity index (χ0v) is 8.40. The van der Waals surface area contributed by atoms with Crippen molar-refractivity contribution in [1.29, 1.82) is 0 Å². The van der Waals surface area contributed by atoms with Crippen LogP contribution in [0.15, 0.2) is 54.6 Å². The molecule has 0 radical (unpaired) electrons. The summed E-state index contributed by atoms with van der Waals surface area (Å²) in [5.74, 6) is 0. The van der Waals surface area contributed by atoms with Crippen LogP contribution >= 0.6 is 0 Å². The number of hydrogen-bond donors (Lipinski definition) is 0. The highest BCUT2D eigenvalue weighted by Gasteiger charge is 1.96. The van der Waals surface area contributed by atoms with Crippen LogP contribution in [-0.4, -0.2) is 7.28 Å². The van der Waals surface area contributed by atoms with Crippen molar-refractivity contribution in [3.8, 4) is 0 Å². The Balaban J connectivity index is 2.16. The summed E-state index contributed by atoms with van der Waals surface area (Å²) < 4.78 is 0. The van der Waals surface area contributed by atoms with Crippen LogP contribution in [-0.2, 0) is 0 Å². The maximum Gasteiger partial charge on any atom is 0.192 e. The van der Waals surface area contributed by atoms with Gasteiger partial charge in [0.15, 0.2) is 7.28 Å². The van der Waals surface area contributed by atoms with Crippen molar-refractivity contribution in [2.45, 2.75) is 6.92 Å². The third-order valence-electron chi connectivity index (χ3n) is 2.37. The van der Waals surface area contributed by atoms with Crippen molar-refractivity contribution in [3.63, 3.8) is 0 Å². The van der Waals surface area contributed by atoms with Gasteiger partial charge in [0.2, 0.25) is 0 Å². The normalized spacial score (nSPS) is 9.79. The highest BCUT2D eigenvalue weighted by atomic mass is 13.9. The van der Waals surface area contributed by atoms with E-state index >= 15 is 0 Å². The lowest BCUT2D eigenvalue weighted by Crippen LogP contribution is -2.26. The molecule has 68 valence electrons. The number of aryl methyl sites for hydroxylation is 1. The van der Waals surface area contributed by atoms with E-state index in [4.69, 9.17) is 0 Å². The van der Waals surface area contributed by atoms with Crippen LogP contribution in [0.1, 0.15) is 5.56 Å². The average Bonchev–Trinajstić information content (AvgIpc) is 2.23. The Morgan fingerprint density at radius 1 is 0.714 bits per heavy atom. The molecular formula is C13H13B. The molecule has 0 aliphatic rings. The Labute approximate surface area is 85.8 Å². The lowest BCUT2D eigenvalue weighted by molar-refractivity contribution is 1.49. The minimum Gasteiger partial charge on any atom is -0.0786 e. The minimum atomic E-state index is 1.03. The summed E-state index contributed by atoms with van der Waals surface area (Å²) >= 11 is 0. The molecule has 0 aliphatic carbocycles. The maximum atomic E-state index is 2.20. The SMILES string of the molecule is Cc1ccc(Bc2ccccc2)cc1. The predicted octanol–water partition coefficient (Wildman–Crippen LogP) is 1.38. The van der Waals surface area contributed by atoms with Gasteiger partial charge in [-0.25, -0.2) is 0 Å². The average molecular weight is 180 g/mol. The molecule has 0 N–H and O–H groups in total. The summed E-state index contributed by atoms with van der Waals surface area (Å²) in [6.07, 6.45) is 0. The summed E-state index contributed by atoms with van der Waals surface area (Å²) in [6.45, 7) is 2.12. The van der Waals surface area contributed by atoms with E-state index in [0.29, 0.717) is 0 Å². The van der Waals surface area contributed by atoms with Crippen LogP contribution in [0.25, 0.3) is 0 Å². The van der Waals surface area contributed by atoms with Gasteiger partial charge in [0.05, 0.1) is 0 Å². The van der Waals surface area contributed by atoms with E-state index in [0.717, 1.165) is 7.28 Å². The van der Waals surface area contributed by atoms with Crippen LogP contribution in [0.4, 0.5) is 0 Å². The van der Waals surface area contributed by atoms with Gasteiger partial charge in [-0.05, 0) is 6.92 Å². The molecule has 0 aromatic heterocycles. The summed E-state index contributed by atoms with van der Waals surface area (Å²) in [7, 11) is 1.03. The highest BCUT2D eigenvalue weighted by Crippen LogP contribution is 1.92. The molecule has 0 bridgehead atoms. The number of rotatable bonds is 2. The van der Waals surface area contributed by atoms with E-state index in [1.54, 1.807) is 0 Å². The standard InChI is InChI=1S/C13H13B/c1-11-7-9-13(10-8-11)14-12-5-3-2-4-6-12/h2-10,14H,1H3. The molecular weight excluding hydrogens is 167 g/mol. The molecule has 0 heterocycles. The van der Waals surface area contributed by atoms with Crippen LogP contribution in [0.2, 0.25) is 0 Å². The van der Waals surface area contributed by atoms with Crippen molar-refractivity contribution >= 4 is 18.2 Å². The molecule has 0 fully saturated rings. The van der Waals surface area contributed by atoms with Crippen LogP contribution < -0.4 is 10.9 Å². The number of hydrogen-bond acceptors (Lipinski definition) is 0. The molecule has 2 aromatic carbocycles. The predicted molar refractivity (Wildman–Crippen MR) is 64.0 cm³/mol. The lowest BCUT2D eigenvalue weighted by atomic mass is 9.64. The molecule has 0 atom stereocenters. The van der Waals surface area contributed by atoms with Gasteiger partial charge < -0.3 is 0 Å². The Bertz CT molecular complexity index is 389. The summed E-state index contributed by atoms with van der Waals surface area (Å²) in [5.41, 5.74) is 4.07. The van der Waals surface area contributed by atoms with Gasteiger partial charge in [-0.3, -0.25) is 0 Å². The van der Waals surface area contributed by atoms with Crippen LogP contribution in [0.3, 0.4) is 0 Å². The van der Waals surface area contributed by atoms with Gasteiger partial charge in [-0.15, -0.1) is 0 Å². The molecule has 1 heteroatoms. The highest BCUT2D eigenvalue weighted by molar-refractivity contribution is 6.67. The molecule has 0 nitrogen and oxygen atoms in total. The second-order valence-corrected chi connectivity index (χ2v) is 3.65. The van der Waals surface area contributed by atoms with E-state index in [1.807, 2.05) is 0 Å². The van der Waals surface area contributed by atoms with Gasteiger partial charge in [0.1, 0.15) is 0 Å². The summed E-state index contributed by atoms with van der Waals surface area (Å²) in [6, 6.07) is 19.3. The second kappa shape index (κ2) is 4.14. The van der Waals surface area contributed by atoms with Crippen LogP contribution in [0.5, 0.6) is 0 Å². The van der Waals surface area contributed by atoms with Crippen molar-refractivity contribution in [2.75, 3.05) is 0 Å². The molecule has 2 rings (SSSR count). The maximum absolute atomic E-state index is 2.20. The van der Waals surface area contributed by atoms with Gasteiger partial charge in [-0.1, -0.05) is 71.1 Å². The lowest BCUT2D eigenvalue weighted by Gasteiger charge is -2.00. The molecule has 0 amide bonds.